The van der Waals surface area contributed by atoms with E-state index in [4.69, 9.17) is 15.9 Å². The molecule has 0 aromatic carbocycles. The topological polar surface area (TPSA) is 142 Å². The van der Waals surface area contributed by atoms with E-state index in [2.05, 4.69) is 23.3 Å². The minimum Gasteiger partial charge on any atom is -0.480 e. The van der Waals surface area contributed by atoms with Crippen molar-refractivity contribution in [2.24, 2.45) is 11.7 Å². The van der Waals surface area contributed by atoms with Crippen LogP contribution in [0.25, 0.3) is 0 Å². The van der Waals surface area contributed by atoms with Crippen molar-refractivity contribution in [2.45, 2.75) is 38.4 Å². The first kappa shape index (κ1) is 19.7. The molecule has 9 heteroatoms. The van der Waals surface area contributed by atoms with Gasteiger partial charge in [-0.05, 0) is 5.92 Å². The molecule has 6 N–H and O–H groups in total. The minimum absolute atomic E-state index is 0.0796. The van der Waals surface area contributed by atoms with Gasteiger partial charge < -0.3 is 26.6 Å². The first-order chi connectivity index (χ1) is 9.78. The number of carbonyl (C=O) groups excluding carboxylic acids is 2. The number of thiol groups is 1. The first-order valence-electron chi connectivity index (χ1n) is 6.59. The van der Waals surface area contributed by atoms with Gasteiger partial charge in [0.25, 0.3) is 0 Å². The molecule has 0 saturated heterocycles. The van der Waals surface area contributed by atoms with Crippen molar-refractivity contribution in [2.75, 3.05) is 12.4 Å². The van der Waals surface area contributed by atoms with E-state index in [0.717, 1.165) is 0 Å². The number of carboxylic acid groups (broad SMARTS) is 1. The van der Waals surface area contributed by atoms with Gasteiger partial charge in [0.2, 0.25) is 11.8 Å². The number of hydrogen-bond acceptors (Lipinski definition) is 6. The van der Waals surface area contributed by atoms with Crippen LogP contribution in [-0.2, 0) is 14.4 Å². The minimum atomic E-state index is -1.26. The molecule has 8 nitrogen and oxygen atoms in total. The standard InChI is InChI=1S/C12H23N3O5S/c1-3-6(2)9(12(19)20)15-11(18)8(4-16)14-10(17)7(13)5-21/h6-9,16,21H,3-5,13H2,1-2H3,(H,14,17)(H,15,18)(H,19,20)/t6-,7-,8-,9-/m0/s1. The Bertz CT molecular complexity index is 380. The van der Waals surface area contributed by atoms with Gasteiger partial charge in [0.05, 0.1) is 12.6 Å². The molecule has 2 amide bonds. The van der Waals surface area contributed by atoms with Crippen molar-refractivity contribution in [1.82, 2.24) is 10.6 Å². The van der Waals surface area contributed by atoms with Gasteiger partial charge in [-0.1, -0.05) is 20.3 Å². The smallest absolute Gasteiger partial charge is 0.326 e. The second-order valence-electron chi connectivity index (χ2n) is 4.74. The maximum absolute atomic E-state index is 11.9. The fourth-order valence-corrected chi connectivity index (χ4v) is 1.66. The third-order valence-electron chi connectivity index (χ3n) is 3.13. The molecule has 4 atom stereocenters. The van der Waals surface area contributed by atoms with Crippen LogP contribution in [0.4, 0.5) is 0 Å². The van der Waals surface area contributed by atoms with E-state index in [-0.39, 0.29) is 11.7 Å². The average molecular weight is 321 g/mol. The van der Waals surface area contributed by atoms with Gasteiger partial charge in [-0.2, -0.15) is 12.6 Å². The van der Waals surface area contributed by atoms with Crippen molar-refractivity contribution in [3.05, 3.63) is 0 Å². The molecule has 0 rings (SSSR count). The Hall–Kier alpha value is -1.32. The lowest BCUT2D eigenvalue weighted by molar-refractivity contribution is -0.144. The summed E-state index contributed by atoms with van der Waals surface area (Å²) in [6.07, 6.45) is 0.553. The molecule has 0 bridgehead atoms. The molecule has 0 aromatic heterocycles. The number of hydrogen-bond donors (Lipinski definition) is 6. The number of aliphatic hydroxyl groups excluding tert-OH is 1. The Morgan fingerprint density at radius 1 is 1.24 bits per heavy atom. The lowest BCUT2D eigenvalue weighted by atomic mass is 9.99. The van der Waals surface area contributed by atoms with Gasteiger partial charge in [-0.15, -0.1) is 0 Å². The zero-order valence-corrected chi connectivity index (χ0v) is 13.0. The Balaban J connectivity index is 4.77. The van der Waals surface area contributed by atoms with Crippen molar-refractivity contribution in [3.8, 4) is 0 Å². The fourth-order valence-electron chi connectivity index (χ4n) is 1.49. The molecule has 122 valence electrons. The molecule has 0 saturated carbocycles. The van der Waals surface area contributed by atoms with Crippen LogP contribution in [0.3, 0.4) is 0 Å². The number of carboxylic acids is 1. The quantitative estimate of drug-likeness (QED) is 0.281. The van der Waals surface area contributed by atoms with Gasteiger partial charge in [-0.25, -0.2) is 4.79 Å². The summed E-state index contributed by atoms with van der Waals surface area (Å²) in [5, 5.41) is 22.8. The van der Waals surface area contributed by atoms with Crippen molar-refractivity contribution in [1.29, 1.82) is 0 Å². The number of rotatable bonds is 9. The van der Waals surface area contributed by atoms with Gasteiger partial charge in [0, 0.05) is 5.75 Å². The second-order valence-corrected chi connectivity index (χ2v) is 5.11. The van der Waals surface area contributed by atoms with E-state index in [9.17, 15) is 14.4 Å². The predicted octanol–water partition coefficient (Wildman–Crippen LogP) is -1.66. The molecule has 21 heavy (non-hydrogen) atoms. The summed E-state index contributed by atoms with van der Waals surface area (Å²) in [7, 11) is 0. The lowest BCUT2D eigenvalue weighted by Crippen LogP contribution is -2.57. The SMILES string of the molecule is CC[C@H](C)[C@H](NC(=O)[C@H](CO)NC(=O)[C@@H](N)CS)C(=O)O. The number of aliphatic carboxylic acids is 1. The van der Waals surface area contributed by atoms with Crippen molar-refractivity contribution < 1.29 is 24.6 Å². The zero-order chi connectivity index (χ0) is 16.6. The third kappa shape index (κ3) is 6.32. The van der Waals surface area contributed by atoms with Crippen LogP contribution < -0.4 is 16.4 Å². The maximum Gasteiger partial charge on any atom is 0.326 e. The van der Waals surface area contributed by atoms with E-state index in [1.165, 1.54) is 0 Å². The Labute approximate surface area is 128 Å². The predicted molar refractivity (Wildman–Crippen MR) is 79.9 cm³/mol. The number of carbonyl (C=O) groups is 3. The molecule has 0 unspecified atom stereocenters. The summed E-state index contributed by atoms with van der Waals surface area (Å²) in [5.41, 5.74) is 5.44. The van der Waals surface area contributed by atoms with Gasteiger partial charge in [0.15, 0.2) is 0 Å². The van der Waals surface area contributed by atoms with E-state index >= 15 is 0 Å². The monoisotopic (exact) mass is 321 g/mol. The number of nitrogens with two attached hydrogens (primary N) is 1. The van der Waals surface area contributed by atoms with Crippen molar-refractivity contribution >= 4 is 30.4 Å². The van der Waals surface area contributed by atoms with E-state index in [1.54, 1.807) is 13.8 Å². The number of nitrogens with one attached hydrogen (secondary N) is 2. The highest BCUT2D eigenvalue weighted by Gasteiger charge is 2.29. The molecule has 0 radical (unpaired) electrons. The molecule has 0 spiro atoms. The van der Waals surface area contributed by atoms with Crippen LogP contribution in [0.15, 0.2) is 0 Å². The normalized spacial score (nSPS) is 16.4. The molecule has 0 heterocycles. The lowest BCUT2D eigenvalue weighted by Gasteiger charge is -2.24. The molecule has 0 aromatic rings. The second kappa shape index (κ2) is 9.59. The summed E-state index contributed by atoms with van der Waals surface area (Å²) in [6.45, 7) is 2.82. The van der Waals surface area contributed by atoms with Gasteiger partial charge >= 0.3 is 5.97 Å². The highest BCUT2D eigenvalue weighted by Crippen LogP contribution is 2.08. The highest BCUT2D eigenvalue weighted by molar-refractivity contribution is 7.80. The Morgan fingerprint density at radius 2 is 1.81 bits per heavy atom. The fraction of sp³-hybridized carbons (Fsp3) is 0.750. The van der Waals surface area contributed by atoms with Crippen LogP contribution in [0.5, 0.6) is 0 Å². The first-order valence-corrected chi connectivity index (χ1v) is 7.22. The third-order valence-corrected chi connectivity index (χ3v) is 3.52. The van der Waals surface area contributed by atoms with Crippen LogP contribution in [0, 0.1) is 5.92 Å². The van der Waals surface area contributed by atoms with E-state index in [0.29, 0.717) is 6.42 Å². The van der Waals surface area contributed by atoms with Crippen LogP contribution in [-0.4, -0.2) is 58.5 Å². The van der Waals surface area contributed by atoms with Crippen molar-refractivity contribution in [3.63, 3.8) is 0 Å². The van der Waals surface area contributed by atoms with Crippen LogP contribution in [0.2, 0.25) is 0 Å². The van der Waals surface area contributed by atoms with Gasteiger partial charge in [0.1, 0.15) is 12.1 Å². The molecular formula is C12H23N3O5S. The van der Waals surface area contributed by atoms with E-state index < -0.39 is 42.5 Å². The summed E-state index contributed by atoms with van der Waals surface area (Å²) >= 11 is 3.85. The maximum atomic E-state index is 11.9. The average Bonchev–Trinajstić information content (AvgIpc) is 2.47. The summed E-state index contributed by atoms with van der Waals surface area (Å²) in [6, 6.07) is -3.26. The number of amides is 2. The largest absolute Gasteiger partial charge is 0.480 e. The molecular weight excluding hydrogens is 298 g/mol. The highest BCUT2D eigenvalue weighted by atomic mass is 32.1. The molecule has 0 fully saturated rings. The van der Waals surface area contributed by atoms with Gasteiger partial charge in [-0.3, -0.25) is 9.59 Å². The number of aliphatic hydroxyl groups is 1. The Morgan fingerprint density at radius 3 is 2.19 bits per heavy atom. The molecule has 0 aliphatic heterocycles. The van der Waals surface area contributed by atoms with Crippen LogP contribution >= 0.6 is 12.6 Å². The van der Waals surface area contributed by atoms with E-state index in [1.807, 2.05) is 0 Å². The summed E-state index contributed by atoms with van der Waals surface area (Å²) in [5.74, 6) is -2.80. The zero-order valence-electron chi connectivity index (χ0n) is 12.1. The van der Waals surface area contributed by atoms with Crippen LogP contribution in [0.1, 0.15) is 20.3 Å². The molecule has 0 aliphatic carbocycles. The summed E-state index contributed by atoms with van der Waals surface area (Å²) < 4.78 is 0. The Kier molecular flexibility index (Phi) is 8.98. The molecule has 0 aliphatic rings. The summed E-state index contributed by atoms with van der Waals surface area (Å²) in [4.78, 5) is 34.6.